The van der Waals surface area contributed by atoms with Crippen LogP contribution in [0.15, 0.2) is 158 Å². The van der Waals surface area contributed by atoms with E-state index < -0.39 is 0 Å². The Hall–Kier alpha value is -5.74. The monoisotopic (exact) mass is 538 g/mol. The molecule has 0 radical (unpaired) electrons. The van der Waals surface area contributed by atoms with Gasteiger partial charge in [0, 0.05) is 40.3 Å². The maximum Gasteiger partial charge on any atom is 0.145 e. The lowest BCUT2D eigenvalue weighted by Crippen LogP contribution is -1.99. The summed E-state index contributed by atoms with van der Waals surface area (Å²) in [5, 5.41) is 1.20. The van der Waals surface area contributed by atoms with E-state index >= 15 is 0 Å². The van der Waals surface area contributed by atoms with Gasteiger partial charge in [0.25, 0.3) is 0 Å². The van der Waals surface area contributed by atoms with E-state index in [4.69, 9.17) is 4.98 Å². The zero-order valence-corrected chi connectivity index (χ0v) is 22.8. The van der Waals surface area contributed by atoms with Crippen LogP contribution in [-0.2, 0) is 0 Å². The molecule has 0 aliphatic carbocycles. The number of benzene rings is 5. The lowest BCUT2D eigenvalue weighted by atomic mass is 9.99. The van der Waals surface area contributed by atoms with Gasteiger partial charge in [0.1, 0.15) is 5.82 Å². The Balaban J connectivity index is 1.28. The summed E-state index contributed by atoms with van der Waals surface area (Å²) >= 11 is 0. The minimum absolute atomic E-state index is 0.913. The summed E-state index contributed by atoms with van der Waals surface area (Å²) in [6, 6.07) is 50.9. The van der Waals surface area contributed by atoms with E-state index in [2.05, 4.69) is 136 Å². The molecular weight excluding hydrogens is 512 g/mol. The third kappa shape index (κ3) is 4.18. The van der Waals surface area contributed by atoms with Crippen molar-refractivity contribution in [2.45, 2.75) is 0 Å². The van der Waals surface area contributed by atoms with Gasteiger partial charge in [-0.2, -0.15) is 0 Å². The summed E-state index contributed by atoms with van der Waals surface area (Å²) in [5.74, 6) is 0.913. The standard InChI is InChI=1S/C38H26N4/c1-2-14-32(15-3-1)41-23-21-27-19-20-33(26-37(27)41)42-36-18-5-4-17-35(36)40-38(42)31-13-9-11-29(25-31)28-10-8-12-30(24-28)34-16-6-7-22-39-34/h1-26H. The lowest BCUT2D eigenvalue weighted by molar-refractivity contribution is 1.09. The maximum atomic E-state index is 5.15. The maximum absolute atomic E-state index is 5.15. The molecule has 8 rings (SSSR count). The minimum atomic E-state index is 0.913. The molecule has 0 aliphatic rings. The van der Waals surface area contributed by atoms with E-state index in [0.717, 1.165) is 61.7 Å². The summed E-state index contributed by atoms with van der Waals surface area (Å²) in [6.07, 6.45) is 3.97. The smallest absolute Gasteiger partial charge is 0.145 e. The number of pyridine rings is 1. The Bertz CT molecular complexity index is 2190. The number of hydrogen-bond donors (Lipinski definition) is 0. The van der Waals surface area contributed by atoms with Gasteiger partial charge in [-0.15, -0.1) is 0 Å². The Morgan fingerprint density at radius 2 is 1.21 bits per heavy atom. The van der Waals surface area contributed by atoms with Crippen LogP contribution in [0.4, 0.5) is 0 Å². The SMILES string of the molecule is c1ccc(-n2ccc3ccc(-n4c(-c5cccc(-c6cccc(-c7ccccn7)c6)c5)nc5ccccc54)cc32)cc1. The summed E-state index contributed by atoms with van der Waals surface area (Å²) in [5.41, 5.74) is 10.8. The minimum Gasteiger partial charge on any atom is -0.316 e. The quantitative estimate of drug-likeness (QED) is 0.219. The van der Waals surface area contributed by atoms with Gasteiger partial charge in [0.15, 0.2) is 0 Å². The highest BCUT2D eigenvalue weighted by Crippen LogP contribution is 2.34. The fourth-order valence-corrected chi connectivity index (χ4v) is 5.78. The molecule has 3 aromatic heterocycles. The van der Waals surface area contributed by atoms with Crippen LogP contribution in [0, 0.1) is 0 Å². The third-order valence-corrected chi connectivity index (χ3v) is 7.81. The van der Waals surface area contributed by atoms with Gasteiger partial charge in [-0.3, -0.25) is 9.55 Å². The van der Waals surface area contributed by atoms with E-state index in [1.807, 2.05) is 36.5 Å². The van der Waals surface area contributed by atoms with Crippen LogP contribution in [0.25, 0.3) is 67.1 Å². The molecule has 4 nitrogen and oxygen atoms in total. The molecule has 3 heterocycles. The Labute approximate surface area is 243 Å². The molecule has 0 amide bonds. The highest BCUT2D eigenvalue weighted by atomic mass is 15.1. The number of imidazole rings is 1. The Kier molecular flexibility index (Phi) is 5.75. The number of aromatic nitrogens is 4. The van der Waals surface area contributed by atoms with E-state index in [1.165, 1.54) is 5.39 Å². The fraction of sp³-hybridized carbons (Fsp3) is 0. The van der Waals surface area contributed by atoms with Crippen molar-refractivity contribution in [2.24, 2.45) is 0 Å². The Morgan fingerprint density at radius 1 is 0.476 bits per heavy atom. The molecule has 0 atom stereocenters. The van der Waals surface area contributed by atoms with Gasteiger partial charge in [-0.1, -0.05) is 78.9 Å². The highest BCUT2D eigenvalue weighted by Gasteiger charge is 2.16. The molecule has 5 aromatic carbocycles. The van der Waals surface area contributed by atoms with E-state index in [9.17, 15) is 0 Å². The summed E-state index contributed by atoms with van der Waals surface area (Å²) < 4.78 is 4.52. The predicted octanol–water partition coefficient (Wildman–Crippen LogP) is 9.37. The number of nitrogens with zero attached hydrogens (tertiary/aromatic N) is 4. The van der Waals surface area contributed by atoms with Crippen LogP contribution in [0.2, 0.25) is 0 Å². The number of fused-ring (bicyclic) bond motifs is 2. The number of rotatable bonds is 5. The van der Waals surface area contributed by atoms with E-state index in [1.54, 1.807) is 0 Å². The fourth-order valence-electron chi connectivity index (χ4n) is 5.78. The van der Waals surface area contributed by atoms with Gasteiger partial charge in [-0.05, 0) is 77.9 Å². The first-order chi connectivity index (χ1) is 20.8. The zero-order valence-electron chi connectivity index (χ0n) is 22.8. The number of hydrogen-bond acceptors (Lipinski definition) is 2. The average molecular weight is 539 g/mol. The molecule has 0 unspecified atom stereocenters. The second-order valence-electron chi connectivity index (χ2n) is 10.4. The molecule has 42 heavy (non-hydrogen) atoms. The van der Waals surface area contributed by atoms with E-state index in [0.29, 0.717) is 0 Å². The van der Waals surface area contributed by atoms with Crippen LogP contribution in [0.3, 0.4) is 0 Å². The van der Waals surface area contributed by atoms with E-state index in [-0.39, 0.29) is 0 Å². The van der Waals surface area contributed by atoms with Crippen LogP contribution in [0.1, 0.15) is 0 Å². The van der Waals surface area contributed by atoms with Crippen molar-refractivity contribution in [2.75, 3.05) is 0 Å². The van der Waals surface area contributed by atoms with Gasteiger partial charge in [0.05, 0.1) is 22.2 Å². The average Bonchev–Trinajstić information content (AvgIpc) is 3.67. The molecular formula is C38H26N4. The summed E-state index contributed by atoms with van der Waals surface area (Å²) in [6.45, 7) is 0. The summed E-state index contributed by atoms with van der Waals surface area (Å²) in [7, 11) is 0. The predicted molar refractivity (Wildman–Crippen MR) is 172 cm³/mol. The number of para-hydroxylation sites is 3. The van der Waals surface area contributed by atoms with Crippen molar-refractivity contribution >= 4 is 21.9 Å². The third-order valence-electron chi connectivity index (χ3n) is 7.81. The molecule has 0 aliphatic heterocycles. The largest absolute Gasteiger partial charge is 0.316 e. The molecule has 4 heteroatoms. The highest BCUT2D eigenvalue weighted by molar-refractivity contribution is 5.88. The first kappa shape index (κ1) is 24.1. The zero-order chi connectivity index (χ0) is 27.9. The van der Waals surface area contributed by atoms with Crippen molar-refractivity contribution in [3.8, 4) is 45.1 Å². The van der Waals surface area contributed by atoms with Gasteiger partial charge >= 0.3 is 0 Å². The lowest BCUT2D eigenvalue weighted by Gasteiger charge is -2.13. The molecule has 0 saturated carbocycles. The molecule has 0 bridgehead atoms. The summed E-state index contributed by atoms with van der Waals surface area (Å²) in [4.78, 5) is 9.70. The molecule has 8 aromatic rings. The topological polar surface area (TPSA) is 35.6 Å². The molecule has 0 fully saturated rings. The first-order valence-electron chi connectivity index (χ1n) is 14.1. The van der Waals surface area contributed by atoms with Crippen molar-refractivity contribution in [1.29, 1.82) is 0 Å². The van der Waals surface area contributed by atoms with Crippen molar-refractivity contribution in [1.82, 2.24) is 19.1 Å². The van der Waals surface area contributed by atoms with Crippen molar-refractivity contribution in [3.05, 3.63) is 158 Å². The second kappa shape index (κ2) is 10.0. The molecule has 0 saturated heterocycles. The second-order valence-corrected chi connectivity index (χ2v) is 10.4. The van der Waals surface area contributed by atoms with Gasteiger partial charge < -0.3 is 4.57 Å². The van der Waals surface area contributed by atoms with Crippen LogP contribution in [0.5, 0.6) is 0 Å². The molecule has 0 spiro atoms. The van der Waals surface area contributed by atoms with Gasteiger partial charge in [0.2, 0.25) is 0 Å². The first-order valence-corrected chi connectivity index (χ1v) is 14.1. The molecule has 198 valence electrons. The van der Waals surface area contributed by atoms with Crippen LogP contribution in [-0.4, -0.2) is 19.1 Å². The Morgan fingerprint density at radius 3 is 2.05 bits per heavy atom. The normalized spacial score (nSPS) is 11.3. The van der Waals surface area contributed by atoms with Crippen LogP contribution >= 0.6 is 0 Å². The molecule has 0 N–H and O–H groups in total. The van der Waals surface area contributed by atoms with Crippen molar-refractivity contribution in [3.63, 3.8) is 0 Å². The van der Waals surface area contributed by atoms with Crippen molar-refractivity contribution < 1.29 is 0 Å². The van der Waals surface area contributed by atoms with Gasteiger partial charge in [-0.25, -0.2) is 4.98 Å². The van der Waals surface area contributed by atoms with Crippen LogP contribution < -0.4 is 0 Å².